The number of hydrogen-bond acceptors (Lipinski definition) is 10. The van der Waals surface area contributed by atoms with Gasteiger partial charge in [-0.25, -0.2) is 10.4 Å². The van der Waals surface area contributed by atoms with E-state index < -0.39 is 29.5 Å². The van der Waals surface area contributed by atoms with E-state index in [1.54, 1.807) is 26.6 Å². The van der Waals surface area contributed by atoms with Gasteiger partial charge in [-0.1, -0.05) is 27.7 Å². The second-order valence-electron chi connectivity index (χ2n) is 15.3. The maximum atomic E-state index is 14.1. The van der Waals surface area contributed by atoms with Crippen LogP contribution in [0, 0.1) is 11.3 Å². The summed E-state index contributed by atoms with van der Waals surface area (Å²) in [5, 5.41) is 8.46. The van der Waals surface area contributed by atoms with Gasteiger partial charge >= 0.3 is 5.97 Å². The fourth-order valence-corrected chi connectivity index (χ4v) is 7.59. The molecule has 3 N–H and O–H groups in total. The number of cyclic esters (lactones) is 1. The Kier molecular flexibility index (Phi) is 11.4. The largest absolute Gasteiger partial charge is 0.464 e. The molecule has 4 atom stereocenters. The minimum Gasteiger partial charge on any atom is -0.464 e. The molecule has 13 nitrogen and oxygen atoms in total. The molecule has 0 unspecified atom stereocenters. The molecule has 1 aromatic carbocycles. The molecule has 2 aliphatic heterocycles. The number of aryl methyl sites for hydroxylation is 1. The predicted molar refractivity (Wildman–Crippen MR) is 201 cm³/mol. The Balaban J connectivity index is 1.49. The van der Waals surface area contributed by atoms with E-state index in [-0.39, 0.29) is 36.9 Å². The van der Waals surface area contributed by atoms with Crippen LogP contribution in [0.1, 0.15) is 77.6 Å². The normalized spacial score (nSPS) is 20.6. The number of aromatic nitrogens is 3. The first-order valence-corrected chi connectivity index (χ1v) is 18.7. The summed E-state index contributed by atoms with van der Waals surface area (Å²) in [7, 11) is 3.40. The van der Waals surface area contributed by atoms with Crippen LogP contribution in [0.5, 0.6) is 0 Å². The fraction of sp³-hybridized carbons (Fsp3) is 0.525. The number of nitrogens with zero attached hydrogens (tertiary/aromatic N) is 4. The highest BCUT2D eigenvalue weighted by Crippen LogP contribution is 2.42. The average molecular weight is 728 g/mol. The molecule has 13 heteroatoms. The number of likely N-dealkylation sites (N-methyl/N-ethyl adjacent to an activating group) is 1. The summed E-state index contributed by atoms with van der Waals surface area (Å²) in [6.45, 7) is 13.4. The van der Waals surface area contributed by atoms with Gasteiger partial charge in [-0.15, -0.1) is 0 Å². The summed E-state index contributed by atoms with van der Waals surface area (Å²) < 4.78 is 20.5. The zero-order chi connectivity index (χ0) is 38.0. The van der Waals surface area contributed by atoms with Crippen LogP contribution >= 0.6 is 0 Å². The number of methoxy groups -OCH3 is 1. The first-order chi connectivity index (χ1) is 25.3. The van der Waals surface area contributed by atoms with Crippen LogP contribution in [-0.4, -0.2) is 82.8 Å². The molecular weight excluding hydrogens is 674 g/mol. The number of fused-ring (bicyclic) bond motifs is 6. The monoisotopic (exact) mass is 727 g/mol. The molecule has 0 saturated carbocycles. The van der Waals surface area contributed by atoms with E-state index in [4.69, 9.17) is 18.9 Å². The molecule has 6 bridgehead atoms. The van der Waals surface area contributed by atoms with Crippen LogP contribution in [0.25, 0.3) is 33.5 Å². The molecule has 1 fully saturated rings. The van der Waals surface area contributed by atoms with E-state index in [2.05, 4.69) is 64.6 Å². The molecule has 2 amide bonds. The van der Waals surface area contributed by atoms with Crippen LogP contribution < -0.4 is 16.1 Å². The molecule has 284 valence electrons. The van der Waals surface area contributed by atoms with Crippen molar-refractivity contribution < 1.29 is 28.3 Å². The number of rotatable bonds is 8. The van der Waals surface area contributed by atoms with Crippen LogP contribution in [-0.2, 0) is 43.2 Å². The summed E-state index contributed by atoms with van der Waals surface area (Å²) in [4.78, 5) is 50.5. The zero-order valence-corrected chi connectivity index (χ0v) is 32.1. The lowest BCUT2D eigenvalue weighted by Gasteiger charge is -2.35. The smallest absolute Gasteiger partial charge is 0.324 e. The molecule has 2 aliphatic rings. The van der Waals surface area contributed by atoms with Gasteiger partial charge in [0.2, 0.25) is 5.91 Å². The van der Waals surface area contributed by atoms with Crippen LogP contribution in [0.15, 0.2) is 47.1 Å². The van der Waals surface area contributed by atoms with Crippen molar-refractivity contribution in [1.29, 1.82) is 0 Å². The molecule has 1 saturated heterocycles. The zero-order valence-electron chi connectivity index (χ0n) is 32.1. The van der Waals surface area contributed by atoms with Gasteiger partial charge in [0.1, 0.15) is 12.1 Å². The number of pyridine rings is 1. The highest BCUT2D eigenvalue weighted by atomic mass is 16.5. The quantitative estimate of drug-likeness (QED) is 0.212. The van der Waals surface area contributed by atoms with Gasteiger partial charge in [-0.2, -0.15) is 0 Å². The number of esters is 1. The number of carbonyl (C=O) groups excluding carboxylic acids is 3. The molecule has 0 radical (unpaired) electrons. The number of benzene rings is 1. The van der Waals surface area contributed by atoms with E-state index in [0.29, 0.717) is 44.0 Å². The Morgan fingerprint density at radius 1 is 1.17 bits per heavy atom. The van der Waals surface area contributed by atoms with Crippen molar-refractivity contribution in [3.8, 4) is 22.6 Å². The van der Waals surface area contributed by atoms with Gasteiger partial charge in [0.05, 0.1) is 42.8 Å². The Labute approximate surface area is 311 Å². The summed E-state index contributed by atoms with van der Waals surface area (Å²) in [5.74, 6) is -0.280. The second kappa shape index (κ2) is 15.8. The first-order valence-electron chi connectivity index (χ1n) is 18.7. The second-order valence-corrected chi connectivity index (χ2v) is 15.3. The molecule has 3 aromatic heterocycles. The Morgan fingerprint density at radius 2 is 1.96 bits per heavy atom. The van der Waals surface area contributed by atoms with Crippen LogP contribution in [0.3, 0.4) is 0 Å². The van der Waals surface area contributed by atoms with Gasteiger partial charge in [0.15, 0.2) is 11.7 Å². The van der Waals surface area contributed by atoms with Gasteiger partial charge in [-0.05, 0) is 82.0 Å². The predicted octanol–water partition coefficient (Wildman–Crippen LogP) is 4.98. The lowest BCUT2D eigenvalue weighted by molar-refractivity contribution is -0.155. The molecule has 6 rings (SSSR count). The third-order valence-electron chi connectivity index (χ3n) is 10.4. The molecule has 0 spiro atoms. The number of ether oxygens (including phenoxy) is 2. The average Bonchev–Trinajstić information content (AvgIpc) is 3.74. The number of hydrazine groups is 1. The SMILES string of the molecule is CCn1c(-c2cccnc2[C@H](C)OC)c2c3cc(ccc31)-c1cnc(o1)C[C@H](NC(=O)[C@@H](NC)C(C)C)C(=O)N1CCC[C@H](N1)C(=O)OCC(C)(C)C2. The Hall–Kier alpha value is -4.59. The summed E-state index contributed by atoms with van der Waals surface area (Å²) in [6.07, 6.45) is 4.93. The minimum atomic E-state index is -0.998. The van der Waals surface area contributed by atoms with Crippen molar-refractivity contribution in [1.82, 2.24) is 35.6 Å². The van der Waals surface area contributed by atoms with Crippen molar-refractivity contribution in [3.63, 3.8) is 0 Å². The molecule has 5 heterocycles. The fourth-order valence-electron chi connectivity index (χ4n) is 7.59. The Bertz CT molecular complexity index is 1970. The first kappa shape index (κ1) is 38.1. The van der Waals surface area contributed by atoms with E-state index >= 15 is 0 Å². The van der Waals surface area contributed by atoms with Crippen molar-refractivity contribution in [3.05, 3.63) is 59.9 Å². The standard InChI is InChI=1S/C40H53N7O6/c1-9-46-31-15-14-25-18-27(31)28(36(46)26-12-10-16-42-35(26)24(4)51-8)20-40(5,6)22-52-39(50)29-13-11-17-47(45-29)38(49)30(19-33-43-21-32(25)53-33)44-37(48)34(41-7)23(2)3/h10,12,14-16,18,21,23-24,29-30,34,41,45H,9,11,13,17,19-20,22H2,1-8H3,(H,44,48)/t24-,29-,30-,34-/m0/s1. The lowest BCUT2D eigenvalue weighted by Crippen LogP contribution is -2.61. The number of nitrogens with one attached hydrogen (secondary N) is 3. The summed E-state index contributed by atoms with van der Waals surface area (Å²) in [5.41, 5.74) is 8.46. The van der Waals surface area contributed by atoms with Gasteiger partial charge < -0.3 is 29.1 Å². The van der Waals surface area contributed by atoms with Crippen molar-refractivity contribution in [2.45, 2.75) is 98.0 Å². The van der Waals surface area contributed by atoms with Gasteiger partial charge in [0.25, 0.3) is 5.91 Å². The third-order valence-corrected chi connectivity index (χ3v) is 10.4. The number of oxazole rings is 1. The van der Waals surface area contributed by atoms with Crippen LogP contribution in [0.2, 0.25) is 0 Å². The summed E-state index contributed by atoms with van der Waals surface area (Å²) in [6, 6.07) is 8.04. The van der Waals surface area contributed by atoms with Crippen molar-refractivity contribution in [2.24, 2.45) is 11.3 Å². The van der Waals surface area contributed by atoms with Gasteiger partial charge in [0, 0.05) is 53.8 Å². The van der Waals surface area contributed by atoms with Crippen LogP contribution in [0.4, 0.5) is 0 Å². The maximum absolute atomic E-state index is 14.1. The highest BCUT2D eigenvalue weighted by Gasteiger charge is 2.36. The van der Waals surface area contributed by atoms with E-state index in [0.717, 1.165) is 39.0 Å². The molecule has 53 heavy (non-hydrogen) atoms. The number of carbonyl (C=O) groups is 3. The number of hydrogen-bond donors (Lipinski definition) is 3. The van der Waals surface area contributed by atoms with E-state index in [9.17, 15) is 14.4 Å². The van der Waals surface area contributed by atoms with Gasteiger partial charge in [-0.3, -0.25) is 24.4 Å². The highest BCUT2D eigenvalue weighted by molar-refractivity contribution is 5.95. The topological polar surface area (TPSA) is 153 Å². The lowest BCUT2D eigenvalue weighted by atomic mass is 9.84. The minimum absolute atomic E-state index is 0.0183. The molecule has 0 aliphatic carbocycles. The summed E-state index contributed by atoms with van der Waals surface area (Å²) >= 11 is 0. The van der Waals surface area contributed by atoms with Crippen molar-refractivity contribution in [2.75, 3.05) is 27.3 Å². The third kappa shape index (κ3) is 7.88. The molecule has 4 aromatic rings. The number of amides is 2. The van der Waals surface area contributed by atoms with E-state index in [1.807, 2.05) is 32.9 Å². The van der Waals surface area contributed by atoms with E-state index in [1.165, 1.54) is 5.01 Å². The Morgan fingerprint density at radius 3 is 2.68 bits per heavy atom. The molecular formula is C40H53N7O6. The van der Waals surface area contributed by atoms with Crippen molar-refractivity contribution >= 4 is 28.7 Å². The maximum Gasteiger partial charge on any atom is 0.324 e.